The van der Waals surface area contributed by atoms with E-state index < -0.39 is 12.0 Å². The van der Waals surface area contributed by atoms with Gasteiger partial charge in [-0.2, -0.15) is 0 Å². The second-order valence-corrected chi connectivity index (χ2v) is 6.02. The fourth-order valence-electron chi connectivity index (χ4n) is 0.919. The maximum atomic E-state index is 11.8. The summed E-state index contributed by atoms with van der Waals surface area (Å²) >= 11 is 1.25. The molecule has 0 spiro atoms. The van der Waals surface area contributed by atoms with Gasteiger partial charge in [-0.3, -0.25) is 9.59 Å². The van der Waals surface area contributed by atoms with E-state index >= 15 is 0 Å². The normalized spacial score (nSPS) is 15.1. The molecule has 0 heterocycles. The van der Waals surface area contributed by atoms with Gasteiger partial charge in [0, 0.05) is 11.3 Å². The molecule has 0 aromatic rings. The summed E-state index contributed by atoms with van der Waals surface area (Å²) in [5.41, 5.74) is 5.13. The van der Waals surface area contributed by atoms with Gasteiger partial charge >= 0.3 is 5.97 Å². The molecule has 0 aromatic carbocycles. The summed E-state index contributed by atoms with van der Waals surface area (Å²) in [6.07, 6.45) is 0.838. The number of carbonyl (C=O) groups is 2. The van der Waals surface area contributed by atoms with Crippen molar-refractivity contribution in [3.8, 4) is 0 Å². The Morgan fingerprint density at radius 1 is 1.47 bits per heavy atom. The monoisotopic (exact) mass is 262 g/mol. The van der Waals surface area contributed by atoms with Crippen molar-refractivity contribution in [3.05, 3.63) is 0 Å². The van der Waals surface area contributed by atoms with Gasteiger partial charge in [0.15, 0.2) is 0 Å². The van der Waals surface area contributed by atoms with Crippen molar-refractivity contribution < 1.29 is 14.7 Å². The van der Waals surface area contributed by atoms with Crippen LogP contribution in [0.25, 0.3) is 0 Å². The summed E-state index contributed by atoms with van der Waals surface area (Å²) in [6.45, 7) is 7.65. The van der Waals surface area contributed by atoms with Gasteiger partial charge in [0.25, 0.3) is 0 Å². The third kappa shape index (κ3) is 6.53. The fourth-order valence-corrected chi connectivity index (χ4v) is 1.77. The average molecular weight is 262 g/mol. The predicted octanol–water partition coefficient (Wildman–Crippen LogP) is 0.825. The van der Waals surface area contributed by atoms with Crippen molar-refractivity contribution >= 4 is 23.6 Å². The van der Waals surface area contributed by atoms with Crippen LogP contribution in [-0.4, -0.2) is 39.6 Å². The van der Waals surface area contributed by atoms with Crippen LogP contribution in [0.3, 0.4) is 0 Å². The Balaban J connectivity index is 4.11. The number of nitrogens with two attached hydrogens (primary N) is 1. The number of nitrogens with one attached hydrogen (secondary N) is 1. The molecule has 0 aromatic heterocycles. The number of rotatable bonds is 7. The van der Waals surface area contributed by atoms with Crippen LogP contribution >= 0.6 is 11.8 Å². The van der Waals surface area contributed by atoms with Crippen LogP contribution in [0.2, 0.25) is 0 Å². The SMILES string of the molecule is CCC(C)(C)NC(=O)C(C)SC[C@H](N)C(=O)O. The molecule has 4 N–H and O–H groups in total. The average Bonchev–Trinajstić information content (AvgIpc) is 2.24. The van der Waals surface area contributed by atoms with Crippen LogP contribution in [0.5, 0.6) is 0 Å². The van der Waals surface area contributed by atoms with Crippen LogP contribution < -0.4 is 11.1 Å². The van der Waals surface area contributed by atoms with E-state index in [4.69, 9.17) is 10.8 Å². The first-order chi connectivity index (χ1) is 7.69. The second-order valence-electron chi connectivity index (χ2n) is 4.65. The Morgan fingerprint density at radius 3 is 2.41 bits per heavy atom. The van der Waals surface area contributed by atoms with Gasteiger partial charge in [-0.15, -0.1) is 11.8 Å². The zero-order valence-corrected chi connectivity index (χ0v) is 11.6. The van der Waals surface area contributed by atoms with E-state index in [0.29, 0.717) is 0 Å². The quantitative estimate of drug-likeness (QED) is 0.632. The molecule has 5 nitrogen and oxygen atoms in total. The third-order valence-corrected chi connectivity index (χ3v) is 3.82. The fraction of sp³-hybridized carbons (Fsp3) is 0.818. The maximum Gasteiger partial charge on any atom is 0.321 e. The molecular weight excluding hydrogens is 240 g/mol. The van der Waals surface area contributed by atoms with Gasteiger partial charge in [0.2, 0.25) is 5.91 Å². The lowest BCUT2D eigenvalue weighted by molar-refractivity contribution is -0.138. The van der Waals surface area contributed by atoms with Crippen molar-refractivity contribution in [3.63, 3.8) is 0 Å². The van der Waals surface area contributed by atoms with E-state index in [1.54, 1.807) is 6.92 Å². The number of hydrogen-bond acceptors (Lipinski definition) is 4. The molecule has 6 heteroatoms. The molecule has 0 saturated heterocycles. The molecule has 0 aliphatic heterocycles. The molecule has 17 heavy (non-hydrogen) atoms. The highest BCUT2D eigenvalue weighted by atomic mass is 32.2. The standard InChI is InChI=1S/C11H22N2O3S/c1-5-11(3,4)13-9(14)7(2)17-6-8(12)10(15)16/h7-8H,5-6,12H2,1-4H3,(H,13,14)(H,15,16)/t7?,8-/m0/s1. The number of aliphatic carboxylic acids is 1. The topological polar surface area (TPSA) is 92.4 Å². The number of carboxylic acids is 1. The van der Waals surface area contributed by atoms with Crippen molar-refractivity contribution in [1.29, 1.82) is 0 Å². The number of thioether (sulfide) groups is 1. The molecule has 100 valence electrons. The minimum absolute atomic E-state index is 0.0839. The summed E-state index contributed by atoms with van der Waals surface area (Å²) in [5.74, 6) is -0.894. The maximum absolute atomic E-state index is 11.8. The zero-order chi connectivity index (χ0) is 13.6. The molecule has 0 bridgehead atoms. The summed E-state index contributed by atoms with van der Waals surface area (Å²) in [4.78, 5) is 22.3. The largest absolute Gasteiger partial charge is 0.480 e. The lowest BCUT2D eigenvalue weighted by Crippen LogP contribution is -2.46. The molecule has 1 amide bonds. The van der Waals surface area contributed by atoms with Gasteiger partial charge < -0.3 is 16.2 Å². The van der Waals surface area contributed by atoms with Gasteiger partial charge in [-0.05, 0) is 27.2 Å². The number of hydrogen-bond donors (Lipinski definition) is 3. The van der Waals surface area contributed by atoms with Crippen molar-refractivity contribution in [2.75, 3.05) is 5.75 Å². The minimum Gasteiger partial charge on any atom is -0.480 e. The smallest absolute Gasteiger partial charge is 0.321 e. The number of carbonyl (C=O) groups excluding carboxylic acids is 1. The summed E-state index contributed by atoms with van der Waals surface area (Å²) in [7, 11) is 0. The zero-order valence-electron chi connectivity index (χ0n) is 10.8. The molecular formula is C11H22N2O3S. The van der Waals surface area contributed by atoms with Crippen LogP contribution in [-0.2, 0) is 9.59 Å². The first kappa shape index (κ1) is 16.2. The molecule has 0 aliphatic rings. The molecule has 0 radical (unpaired) electrons. The molecule has 0 rings (SSSR count). The minimum atomic E-state index is -1.04. The highest BCUT2D eigenvalue weighted by molar-refractivity contribution is 8.00. The summed E-state index contributed by atoms with van der Waals surface area (Å²) in [5, 5.41) is 11.2. The predicted molar refractivity (Wildman–Crippen MR) is 70.0 cm³/mol. The van der Waals surface area contributed by atoms with Gasteiger partial charge in [-0.25, -0.2) is 0 Å². The van der Waals surface area contributed by atoms with E-state index in [9.17, 15) is 9.59 Å². The van der Waals surface area contributed by atoms with Crippen molar-refractivity contribution in [1.82, 2.24) is 5.32 Å². The van der Waals surface area contributed by atoms with Crippen LogP contribution in [0.4, 0.5) is 0 Å². The molecule has 1 unspecified atom stereocenters. The Morgan fingerprint density at radius 2 is 2.00 bits per heavy atom. The highest BCUT2D eigenvalue weighted by Crippen LogP contribution is 2.14. The Labute approximate surface area is 107 Å². The number of carboxylic acid groups (broad SMARTS) is 1. The second kappa shape index (κ2) is 6.86. The lowest BCUT2D eigenvalue weighted by atomic mass is 10.0. The molecule has 0 fully saturated rings. The first-order valence-electron chi connectivity index (χ1n) is 5.61. The van der Waals surface area contributed by atoms with Crippen molar-refractivity contribution in [2.24, 2.45) is 5.73 Å². The van der Waals surface area contributed by atoms with Crippen LogP contribution in [0.15, 0.2) is 0 Å². The van der Waals surface area contributed by atoms with Gasteiger partial charge in [0.05, 0.1) is 5.25 Å². The third-order valence-electron chi connectivity index (χ3n) is 2.56. The molecule has 0 aliphatic carbocycles. The first-order valence-corrected chi connectivity index (χ1v) is 6.66. The Bertz CT molecular complexity index is 282. The Hall–Kier alpha value is -0.750. The van der Waals surface area contributed by atoms with Crippen LogP contribution in [0.1, 0.15) is 34.1 Å². The number of amides is 1. The Kier molecular flexibility index (Phi) is 6.56. The highest BCUT2D eigenvalue weighted by Gasteiger charge is 2.23. The van der Waals surface area contributed by atoms with Crippen molar-refractivity contribution in [2.45, 2.75) is 50.9 Å². The summed E-state index contributed by atoms with van der Waals surface area (Å²) < 4.78 is 0. The lowest BCUT2D eigenvalue weighted by Gasteiger charge is -2.26. The van der Waals surface area contributed by atoms with Crippen LogP contribution in [0, 0.1) is 0 Å². The molecule has 0 saturated carbocycles. The van der Waals surface area contributed by atoms with Gasteiger partial charge in [-0.1, -0.05) is 6.92 Å². The van der Waals surface area contributed by atoms with E-state index in [0.717, 1.165) is 6.42 Å². The van der Waals surface area contributed by atoms with E-state index in [2.05, 4.69) is 5.32 Å². The van der Waals surface area contributed by atoms with Gasteiger partial charge in [0.1, 0.15) is 6.04 Å². The van der Waals surface area contributed by atoms with E-state index in [1.165, 1.54) is 11.8 Å². The van der Waals surface area contributed by atoms with E-state index in [1.807, 2.05) is 20.8 Å². The van der Waals surface area contributed by atoms with E-state index in [-0.39, 0.29) is 22.4 Å². The summed E-state index contributed by atoms with van der Waals surface area (Å²) in [6, 6.07) is -0.922. The molecule has 2 atom stereocenters.